The van der Waals surface area contributed by atoms with E-state index in [1.54, 1.807) is 0 Å². The smallest absolute Gasteiger partial charge is 0.318 e. The summed E-state index contributed by atoms with van der Waals surface area (Å²) in [4.78, 5) is 35.3. The predicted molar refractivity (Wildman–Crippen MR) is 77.6 cm³/mol. The number of carbonyl (C=O) groups is 3. The topological polar surface area (TPSA) is 113 Å². The van der Waals surface area contributed by atoms with Crippen LogP contribution in [0, 0.1) is 5.92 Å². The summed E-state index contributed by atoms with van der Waals surface area (Å²) in [6.07, 6.45) is 4.51. The molecule has 0 aromatic rings. The van der Waals surface area contributed by atoms with E-state index in [0.717, 1.165) is 25.7 Å². The summed E-state index contributed by atoms with van der Waals surface area (Å²) in [5, 5.41) is 11.4. The van der Waals surface area contributed by atoms with Gasteiger partial charge in [-0.05, 0) is 25.2 Å². The zero-order valence-electron chi connectivity index (χ0n) is 12.5. The molecule has 1 saturated carbocycles. The van der Waals surface area contributed by atoms with E-state index >= 15 is 0 Å². The van der Waals surface area contributed by atoms with E-state index < -0.39 is 11.9 Å². The van der Waals surface area contributed by atoms with Gasteiger partial charge < -0.3 is 21.1 Å². The van der Waals surface area contributed by atoms with Gasteiger partial charge in [0, 0.05) is 19.0 Å². The summed E-state index contributed by atoms with van der Waals surface area (Å²) >= 11 is 0. The largest absolute Gasteiger partial charge is 0.481 e. The lowest BCUT2D eigenvalue weighted by Gasteiger charge is -2.28. The summed E-state index contributed by atoms with van der Waals surface area (Å²) < 4.78 is 0. The van der Waals surface area contributed by atoms with Gasteiger partial charge in [-0.1, -0.05) is 19.8 Å². The molecule has 3 amide bonds. The van der Waals surface area contributed by atoms with Crippen LogP contribution in [0.1, 0.15) is 45.4 Å². The van der Waals surface area contributed by atoms with Crippen LogP contribution in [0.2, 0.25) is 0 Å². The van der Waals surface area contributed by atoms with Crippen molar-refractivity contribution in [3.05, 3.63) is 0 Å². The Bertz CT molecular complexity index is 380. The molecule has 0 aromatic carbocycles. The van der Waals surface area contributed by atoms with Gasteiger partial charge in [0.15, 0.2) is 0 Å². The third-order valence-corrected chi connectivity index (χ3v) is 3.81. The standard InChI is InChI=1S/C14H25N3O4/c1-10(6-7-13(19)20)8-16-14(21)17(9-12(15)18)11-4-2-3-5-11/h10-11H,2-9H2,1H3,(H2,15,18)(H,16,21)(H,19,20). The van der Waals surface area contributed by atoms with Crippen molar-refractivity contribution in [2.24, 2.45) is 11.7 Å². The van der Waals surface area contributed by atoms with Crippen LogP contribution in [0.15, 0.2) is 0 Å². The number of hydrogen-bond donors (Lipinski definition) is 3. The van der Waals surface area contributed by atoms with Gasteiger partial charge >= 0.3 is 12.0 Å². The minimum absolute atomic E-state index is 0.0694. The molecule has 7 nitrogen and oxygen atoms in total. The molecule has 0 saturated heterocycles. The van der Waals surface area contributed by atoms with Crippen molar-refractivity contribution in [3.63, 3.8) is 0 Å². The van der Waals surface area contributed by atoms with Crippen LogP contribution in [0.4, 0.5) is 4.79 Å². The Morgan fingerprint density at radius 1 is 1.33 bits per heavy atom. The number of carboxylic acid groups (broad SMARTS) is 1. The molecule has 1 rings (SSSR count). The van der Waals surface area contributed by atoms with Gasteiger partial charge in [-0.15, -0.1) is 0 Å². The van der Waals surface area contributed by atoms with Crippen LogP contribution in [-0.2, 0) is 9.59 Å². The second-order valence-electron chi connectivity index (χ2n) is 5.76. The second kappa shape index (κ2) is 8.49. The van der Waals surface area contributed by atoms with Crippen molar-refractivity contribution in [3.8, 4) is 0 Å². The number of amides is 3. The van der Waals surface area contributed by atoms with E-state index in [1.165, 1.54) is 4.90 Å². The molecule has 0 aliphatic heterocycles. The molecule has 0 heterocycles. The summed E-state index contributed by atoms with van der Waals surface area (Å²) in [5.74, 6) is -1.28. The minimum atomic E-state index is -0.838. The summed E-state index contributed by atoms with van der Waals surface area (Å²) in [6.45, 7) is 2.21. The average Bonchev–Trinajstić information content (AvgIpc) is 2.93. The highest BCUT2D eigenvalue weighted by atomic mass is 16.4. The lowest BCUT2D eigenvalue weighted by atomic mass is 10.1. The average molecular weight is 299 g/mol. The van der Waals surface area contributed by atoms with E-state index in [-0.39, 0.29) is 31.0 Å². The van der Waals surface area contributed by atoms with E-state index in [0.29, 0.717) is 13.0 Å². The van der Waals surface area contributed by atoms with Crippen molar-refractivity contribution >= 4 is 17.9 Å². The first-order chi connectivity index (χ1) is 9.90. The highest BCUT2D eigenvalue weighted by molar-refractivity contribution is 5.83. The van der Waals surface area contributed by atoms with Crippen LogP contribution >= 0.6 is 0 Å². The summed E-state index contributed by atoms with van der Waals surface area (Å²) in [5.41, 5.74) is 5.21. The third-order valence-electron chi connectivity index (χ3n) is 3.81. The number of hydrogen-bond acceptors (Lipinski definition) is 3. The van der Waals surface area contributed by atoms with Crippen LogP contribution in [0.25, 0.3) is 0 Å². The number of primary amides is 1. The zero-order chi connectivity index (χ0) is 15.8. The van der Waals surface area contributed by atoms with E-state index in [9.17, 15) is 14.4 Å². The molecule has 21 heavy (non-hydrogen) atoms. The molecule has 0 spiro atoms. The van der Waals surface area contributed by atoms with Crippen molar-refractivity contribution in [1.29, 1.82) is 0 Å². The monoisotopic (exact) mass is 299 g/mol. The first-order valence-electron chi connectivity index (χ1n) is 7.44. The van der Waals surface area contributed by atoms with Crippen LogP contribution in [0.3, 0.4) is 0 Å². The fourth-order valence-electron chi connectivity index (χ4n) is 2.59. The molecule has 0 bridgehead atoms. The number of urea groups is 1. The number of carboxylic acids is 1. The van der Waals surface area contributed by atoms with Crippen molar-refractivity contribution in [2.75, 3.05) is 13.1 Å². The molecule has 1 aliphatic carbocycles. The maximum Gasteiger partial charge on any atom is 0.318 e. The van der Waals surface area contributed by atoms with Gasteiger partial charge in [0.2, 0.25) is 5.91 Å². The lowest BCUT2D eigenvalue weighted by Crippen LogP contribution is -2.49. The summed E-state index contributed by atoms with van der Waals surface area (Å²) in [7, 11) is 0. The Labute approximate surface area is 124 Å². The molecular weight excluding hydrogens is 274 g/mol. The maximum absolute atomic E-state index is 12.2. The van der Waals surface area contributed by atoms with Gasteiger partial charge in [0.25, 0.3) is 0 Å². The molecule has 4 N–H and O–H groups in total. The van der Waals surface area contributed by atoms with Gasteiger partial charge in [-0.25, -0.2) is 4.79 Å². The first kappa shape index (κ1) is 17.3. The maximum atomic E-state index is 12.2. The Morgan fingerprint density at radius 2 is 1.95 bits per heavy atom. The third kappa shape index (κ3) is 6.46. The number of nitrogens with two attached hydrogens (primary N) is 1. The quantitative estimate of drug-likeness (QED) is 0.618. The lowest BCUT2D eigenvalue weighted by molar-refractivity contribution is -0.137. The van der Waals surface area contributed by atoms with E-state index in [2.05, 4.69) is 5.32 Å². The molecule has 1 atom stereocenters. The number of nitrogens with zero attached hydrogens (tertiary/aromatic N) is 1. The molecule has 1 aliphatic rings. The molecule has 7 heteroatoms. The highest BCUT2D eigenvalue weighted by Gasteiger charge is 2.27. The van der Waals surface area contributed by atoms with Gasteiger partial charge in [0.1, 0.15) is 6.54 Å². The number of carbonyl (C=O) groups excluding carboxylic acids is 2. The molecule has 120 valence electrons. The minimum Gasteiger partial charge on any atom is -0.481 e. The highest BCUT2D eigenvalue weighted by Crippen LogP contribution is 2.23. The van der Waals surface area contributed by atoms with Gasteiger partial charge in [-0.2, -0.15) is 0 Å². The van der Waals surface area contributed by atoms with Gasteiger partial charge in [-0.3, -0.25) is 9.59 Å². The molecule has 0 radical (unpaired) electrons. The normalized spacial score (nSPS) is 16.4. The Morgan fingerprint density at radius 3 is 2.48 bits per heavy atom. The van der Waals surface area contributed by atoms with Crippen LogP contribution in [0.5, 0.6) is 0 Å². The number of rotatable bonds is 8. The van der Waals surface area contributed by atoms with Crippen LogP contribution < -0.4 is 11.1 Å². The Kier molecular flexibility index (Phi) is 6.98. The summed E-state index contributed by atoms with van der Waals surface area (Å²) in [6, 6.07) is -0.213. The van der Waals surface area contributed by atoms with E-state index in [4.69, 9.17) is 10.8 Å². The van der Waals surface area contributed by atoms with E-state index in [1.807, 2.05) is 6.92 Å². The molecule has 1 fully saturated rings. The van der Waals surface area contributed by atoms with Gasteiger partial charge in [0.05, 0.1) is 0 Å². The van der Waals surface area contributed by atoms with Crippen LogP contribution in [-0.4, -0.2) is 47.0 Å². The van der Waals surface area contributed by atoms with Crippen molar-refractivity contribution in [2.45, 2.75) is 51.5 Å². The number of aliphatic carboxylic acids is 1. The Hall–Kier alpha value is -1.79. The fourth-order valence-corrected chi connectivity index (χ4v) is 2.59. The SMILES string of the molecule is CC(CCC(=O)O)CNC(=O)N(CC(N)=O)C1CCCC1. The molecular formula is C14H25N3O4. The zero-order valence-corrected chi connectivity index (χ0v) is 12.5. The molecule has 0 aromatic heterocycles. The first-order valence-corrected chi connectivity index (χ1v) is 7.44. The van der Waals surface area contributed by atoms with Crippen molar-refractivity contribution < 1.29 is 19.5 Å². The van der Waals surface area contributed by atoms with Crippen molar-refractivity contribution in [1.82, 2.24) is 10.2 Å². The number of nitrogens with one attached hydrogen (secondary N) is 1. The molecule has 1 unspecified atom stereocenters. The predicted octanol–water partition coefficient (Wildman–Crippen LogP) is 0.927. The second-order valence-corrected chi connectivity index (χ2v) is 5.76. The Balaban J connectivity index is 2.44. The fraction of sp³-hybridized carbons (Fsp3) is 0.786.